The molecule has 2 aliphatic carbocycles. The molecule has 0 radical (unpaired) electrons. The lowest BCUT2D eigenvalue weighted by Crippen LogP contribution is -2.32. The normalized spacial score (nSPS) is 35.9. The average molecular weight is 218 g/mol. The molecule has 0 aromatic heterocycles. The number of rotatable bonds is 5. The second-order valence-corrected chi connectivity index (χ2v) is 5.24. The molecule has 3 atom stereocenters. The van der Waals surface area contributed by atoms with E-state index in [4.69, 9.17) is 0 Å². The van der Waals surface area contributed by atoms with Crippen LogP contribution < -0.4 is 0 Å². The van der Waals surface area contributed by atoms with E-state index in [1.54, 1.807) is 0 Å². The molecule has 2 aliphatic rings. The van der Waals surface area contributed by atoms with Crippen LogP contribution in [0.15, 0.2) is 12.2 Å². The summed E-state index contributed by atoms with van der Waals surface area (Å²) in [6.45, 7) is 7.67. The Bertz CT molecular complexity index is 311. The minimum absolute atomic E-state index is 0.0397. The van der Waals surface area contributed by atoms with Crippen molar-refractivity contribution in [1.82, 2.24) is 4.90 Å². The maximum atomic E-state index is 9.49. The maximum absolute atomic E-state index is 9.49. The van der Waals surface area contributed by atoms with Crippen molar-refractivity contribution in [3.63, 3.8) is 0 Å². The van der Waals surface area contributed by atoms with Gasteiger partial charge in [0.25, 0.3) is 0 Å². The molecule has 2 nitrogen and oxygen atoms in total. The summed E-state index contributed by atoms with van der Waals surface area (Å²) in [6.07, 6.45) is 7.99. The molecule has 0 saturated heterocycles. The minimum Gasteiger partial charge on any atom is -0.304 e. The molecule has 0 aromatic carbocycles. The molecule has 2 heteroatoms. The van der Waals surface area contributed by atoms with Gasteiger partial charge in [-0.3, -0.25) is 0 Å². The van der Waals surface area contributed by atoms with Gasteiger partial charge >= 0.3 is 0 Å². The molecule has 2 rings (SSSR count). The van der Waals surface area contributed by atoms with E-state index in [2.05, 4.69) is 37.0 Å². The Kier molecular flexibility index (Phi) is 3.35. The molecule has 1 saturated carbocycles. The summed E-state index contributed by atoms with van der Waals surface area (Å²) >= 11 is 0. The number of fused-ring (bicyclic) bond motifs is 2. The predicted molar refractivity (Wildman–Crippen MR) is 65.8 cm³/mol. The largest absolute Gasteiger partial charge is 0.304 e. The van der Waals surface area contributed by atoms with Crippen molar-refractivity contribution in [3.05, 3.63) is 12.2 Å². The van der Waals surface area contributed by atoms with Gasteiger partial charge in [-0.2, -0.15) is 5.26 Å². The molecular formula is C14H22N2. The Labute approximate surface area is 98.9 Å². The van der Waals surface area contributed by atoms with E-state index in [9.17, 15) is 5.26 Å². The fourth-order valence-corrected chi connectivity index (χ4v) is 3.32. The molecule has 0 aliphatic heterocycles. The molecule has 1 fully saturated rings. The van der Waals surface area contributed by atoms with Gasteiger partial charge in [0.15, 0.2) is 0 Å². The van der Waals surface area contributed by atoms with Crippen LogP contribution in [-0.2, 0) is 0 Å². The number of allylic oxidation sites excluding steroid dienone is 2. The van der Waals surface area contributed by atoms with E-state index >= 15 is 0 Å². The second kappa shape index (κ2) is 4.59. The maximum Gasteiger partial charge on any atom is 0.0696 e. The third-order valence-corrected chi connectivity index (χ3v) is 4.50. The first-order chi connectivity index (χ1) is 7.74. The molecule has 2 bridgehead atoms. The quantitative estimate of drug-likeness (QED) is 0.663. The fourth-order valence-electron chi connectivity index (χ4n) is 3.32. The van der Waals surface area contributed by atoms with E-state index in [0.29, 0.717) is 11.8 Å². The highest BCUT2D eigenvalue weighted by molar-refractivity contribution is 5.22. The highest BCUT2D eigenvalue weighted by Gasteiger charge is 2.48. The summed E-state index contributed by atoms with van der Waals surface area (Å²) in [6, 6.07) is 2.63. The number of hydrogen-bond acceptors (Lipinski definition) is 2. The number of nitrogens with zero attached hydrogens (tertiary/aromatic N) is 2. The molecule has 0 aromatic rings. The lowest BCUT2D eigenvalue weighted by molar-refractivity contribution is 0.221. The third kappa shape index (κ3) is 1.89. The standard InChI is InChI=1S/C14H22N2/c1-3-16(4-2)8-7-14(11-15)10-12-5-6-13(14)9-12/h5-6,12-13H,3-4,7-10H2,1-2H3/t12-,13-,14+/m0/s1. The summed E-state index contributed by atoms with van der Waals surface area (Å²) < 4.78 is 0. The first kappa shape index (κ1) is 11.7. The monoisotopic (exact) mass is 218 g/mol. The van der Waals surface area contributed by atoms with Crippen molar-refractivity contribution in [2.75, 3.05) is 19.6 Å². The number of hydrogen-bond donors (Lipinski definition) is 0. The van der Waals surface area contributed by atoms with Crippen LogP contribution in [0.4, 0.5) is 0 Å². The zero-order valence-corrected chi connectivity index (χ0v) is 10.4. The summed E-state index contributed by atoms with van der Waals surface area (Å²) in [5, 5.41) is 9.49. The first-order valence-corrected chi connectivity index (χ1v) is 6.56. The summed E-state index contributed by atoms with van der Waals surface area (Å²) in [7, 11) is 0. The Morgan fingerprint density at radius 3 is 2.56 bits per heavy atom. The van der Waals surface area contributed by atoms with Crippen LogP contribution in [0.1, 0.15) is 33.1 Å². The van der Waals surface area contributed by atoms with E-state index in [1.165, 1.54) is 6.42 Å². The summed E-state index contributed by atoms with van der Waals surface area (Å²) in [5.74, 6) is 1.24. The molecule has 0 unspecified atom stereocenters. The van der Waals surface area contributed by atoms with Crippen molar-refractivity contribution in [3.8, 4) is 6.07 Å². The Hall–Kier alpha value is -0.810. The van der Waals surface area contributed by atoms with Crippen LogP contribution in [0.3, 0.4) is 0 Å². The van der Waals surface area contributed by atoms with Crippen molar-refractivity contribution in [1.29, 1.82) is 5.26 Å². The van der Waals surface area contributed by atoms with E-state index in [0.717, 1.165) is 32.5 Å². The minimum atomic E-state index is -0.0397. The van der Waals surface area contributed by atoms with Gasteiger partial charge in [0.1, 0.15) is 0 Å². The van der Waals surface area contributed by atoms with Crippen molar-refractivity contribution in [2.45, 2.75) is 33.1 Å². The average Bonchev–Trinajstić information content (AvgIpc) is 2.91. The van der Waals surface area contributed by atoms with Gasteiger partial charge < -0.3 is 4.90 Å². The molecule has 0 spiro atoms. The number of nitriles is 1. The van der Waals surface area contributed by atoms with Gasteiger partial charge in [-0.05, 0) is 50.7 Å². The van der Waals surface area contributed by atoms with Crippen LogP contribution in [0, 0.1) is 28.6 Å². The highest BCUT2D eigenvalue weighted by Crippen LogP contribution is 2.53. The Balaban J connectivity index is 1.97. The first-order valence-electron chi connectivity index (χ1n) is 6.56. The molecular weight excluding hydrogens is 196 g/mol. The molecule has 88 valence electrons. The van der Waals surface area contributed by atoms with Crippen LogP contribution in [-0.4, -0.2) is 24.5 Å². The van der Waals surface area contributed by atoms with Gasteiger partial charge in [0.2, 0.25) is 0 Å². The molecule has 16 heavy (non-hydrogen) atoms. The molecule has 0 N–H and O–H groups in total. The van der Waals surface area contributed by atoms with Crippen molar-refractivity contribution < 1.29 is 0 Å². The zero-order chi connectivity index (χ0) is 11.6. The molecule has 0 amide bonds. The van der Waals surface area contributed by atoms with Crippen molar-refractivity contribution in [2.24, 2.45) is 17.3 Å². The van der Waals surface area contributed by atoms with E-state index in [-0.39, 0.29) is 5.41 Å². The van der Waals surface area contributed by atoms with Gasteiger partial charge in [-0.1, -0.05) is 26.0 Å². The summed E-state index contributed by atoms with van der Waals surface area (Å²) in [5.41, 5.74) is -0.0397. The smallest absolute Gasteiger partial charge is 0.0696 e. The lowest BCUT2D eigenvalue weighted by Gasteiger charge is -2.30. The van der Waals surface area contributed by atoms with Crippen LogP contribution in [0.25, 0.3) is 0 Å². The summed E-state index contributed by atoms with van der Waals surface area (Å²) in [4.78, 5) is 2.43. The SMILES string of the molecule is CCN(CC)CC[C@]1(C#N)C[C@H]2C=C[C@H]1C2. The van der Waals surface area contributed by atoms with Gasteiger partial charge in [-0.25, -0.2) is 0 Å². The van der Waals surface area contributed by atoms with Crippen LogP contribution in [0.2, 0.25) is 0 Å². The highest BCUT2D eigenvalue weighted by atomic mass is 15.1. The van der Waals surface area contributed by atoms with E-state index in [1.807, 2.05) is 0 Å². The van der Waals surface area contributed by atoms with Crippen LogP contribution in [0.5, 0.6) is 0 Å². The topological polar surface area (TPSA) is 27.0 Å². The van der Waals surface area contributed by atoms with Gasteiger partial charge in [0.05, 0.1) is 11.5 Å². The Morgan fingerprint density at radius 2 is 2.12 bits per heavy atom. The third-order valence-electron chi connectivity index (χ3n) is 4.50. The lowest BCUT2D eigenvalue weighted by atomic mass is 9.74. The van der Waals surface area contributed by atoms with E-state index < -0.39 is 0 Å². The van der Waals surface area contributed by atoms with Crippen LogP contribution >= 0.6 is 0 Å². The van der Waals surface area contributed by atoms with Crippen molar-refractivity contribution >= 4 is 0 Å². The zero-order valence-electron chi connectivity index (χ0n) is 10.4. The second-order valence-electron chi connectivity index (χ2n) is 5.24. The Morgan fingerprint density at radius 1 is 1.38 bits per heavy atom. The van der Waals surface area contributed by atoms with Gasteiger partial charge in [-0.15, -0.1) is 0 Å². The van der Waals surface area contributed by atoms with Gasteiger partial charge in [0, 0.05) is 0 Å². The fraction of sp³-hybridized carbons (Fsp3) is 0.786. The molecule has 0 heterocycles. The predicted octanol–water partition coefficient (Wildman–Crippen LogP) is 2.82.